The molecule has 0 bridgehead atoms. The molecule has 5 rings (SSSR count). The number of fused-ring (bicyclic) bond motifs is 1. The summed E-state index contributed by atoms with van der Waals surface area (Å²) in [6, 6.07) is 4.17. The second-order valence-electron chi connectivity index (χ2n) is 7.37. The smallest absolute Gasteiger partial charge is 0.326 e. The van der Waals surface area contributed by atoms with Crippen LogP contribution in [0.25, 0.3) is 11.7 Å². The zero-order valence-corrected chi connectivity index (χ0v) is 16.9. The molecule has 4 aromatic heterocycles. The van der Waals surface area contributed by atoms with E-state index in [1.54, 1.807) is 29.2 Å². The van der Waals surface area contributed by atoms with Crippen molar-refractivity contribution in [2.24, 2.45) is 4.99 Å². The van der Waals surface area contributed by atoms with Gasteiger partial charge in [0, 0.05) is 30.7 Å². The zero-order chi connectivity index (χ0) is 21.4. The lowest BCUT2D eigenvalue weighted by molar-refractivity contribution is 0.454. The van der Waals surface area contributed by atoms with Crippen molar-refractivity contribution in [1.29, 1.82) is 0 Å². The Morgan fingerprint density at radius 2 is 2.10 bits per heavy atom. The number of rotatable bonds is 6. The summed E-state index contributed by atoms with van der Waals surface area (Å²) in [5.41, 5.74) is 1.89. The largest absolute Gasteiger partial charge is 0.493 e. The molecule has 3 N–H and O–H groups in total. The SMILES string of the molecule is CCN(Cc1ccncc1)c1nc(=NC2CC2)n2nc/c(=C/c3[nH]c(=O)[nH]c3O)c2n1. The van der Waals surface area contributed by atoms with E-state index in [1.165, 1.54) is 0 Å². The Morgan fingerprint density at radius 1 is 1.29 bits per heavy atom. The molecule has 11 nitrogen and oxygen atoms in total. The van der Waals surface area contributed by atoms with Crippen molar-refractivity contribution in [3.8, 4) is 5.88 Å². The number of H-pyrrole nitrogens is 2. The van der Waals surface area contributed by atoms with Crippen LogP contribution >= 0.6 is 0 Å². The van der Waals surface area contributed by atoms with Crippen LogP contribution in [0.2, 0.25) is 0 Å². The van der Waals surface area contributed by atoms with Crippen LogP contribution in [0.1, 0.15) is 31.0 Å². The number of aromatic hydroxyl groups is 1. The van der Waals surface area contributed by atoms with Crippen LogP contribution in [0.4, 0.5) is 5.95 Å². The van der Waals surface area contributed by atoms with Crippen molar-refractivity contribution in [2.45, 2.75) is 32.4 Å². The van der Waals surface area contributed by atoms with Crippen molar-refractivity contribution in [2.75, 3.05) is 11.4 Å². The molecular weight excluding hydrogens is 398 g/mol. The summed E-state index contributed by atoms with van der Waals surface area (Å²) < 4.78 is 1.59. The lowest BCUT2D eigenvalue weighted by Crippen LogP contribution is -2.31. The third kappa shape index (κ3) is 3.89. The molecule has 11 heteroatoms. The minimum absolute atomic E-state index is 0.241. The van der Waals surface area contributed by atoms with E-state index >= 15 is 0 Å². The number of hydrogen-bond acceptors (Lipinski definition) is 8. The maximum atomic E-state index is 11.5. The Balaban J connectivity index is 1.66. The minimum atomic E-state index is -0.491. The fourth-order valence-electron chi connectivity index (χ4n) is 3.24. The maximum Gasteiger partial charge on any atom is 0.326 e. The second kappa shape index (κ2) is 7.67. The molecule has 0 aromatic carbocycles. The van der Waals surface area contributed by atoms with Crippen molar-refractivity contribution in [3.05, 3.63) is 63.3 Å². The van der Waals surface area contributed by atoms with Gasteiger partial charge in [-0.3, -0.25) is 9.97 Å². The topological polar surface area (TPSA) is 140 Å². The van der Waals surface area contributed by atoms with Crippen LogP contribution in [0.5, 0.6) is 5.88 Å². The summed E-state index contributed by atoms with van der Waals surface area (Å²) in [4.78, 5) is 36.6. The Hall–Kier alpha value is -4.02. The summed E-state index contributed by atoms with van der Waals surface area (Å²) >= 11 is 0. The predicted molar refractivity (Wildman–Crippen MR) is 112 cm³/mol. The maximum absolute atomic E-state index is 11.5. The van der Waals surface area contributed by atoms with Gasteiger partial charge in [-0.05, 0) is 43.5 Å². The van der Waals surface area contributed by atoms with E-state index in [0.29, 0.717) is 35.5 Å². The zero-order valence-electron chi connectivity index (χ0n) is 16.9. The molecule has 1 fully saturated rings. The summed E-state index contributed by atoms with van der Waals surface area (Å²) in [7, 11) is 0. The van der Waals surface area contributed by atoms with Gasteiger partial charge in [0.2, 0.25) is 11.8 Å². The van der Waals surface area contributed by atoms with E-state index in [4.69, 9.17) is 15.0 Å². The number of aromatic amines is 2. The average Bonchev–Trinajstić information content (AvgIpc) is 3.41. The molecule has 158 valence electrons. The fraction of sp³-hybridized carbons (Fsp3) is 0.300. The van der Waals surface area contributed by atoms with Gasteiger partial charge in [0.25, 0.3) is 5.62 Å². The van der Waals surface area contributed by atoms with Crippen molar-refractivity contribution >= 4 is 17.7 Å². The average molecular weight is 419 g/mol. The molecule has 0 saturated heterocycles. The monoisotopic (exact) mass is 419 g/mol. The first-order valence-corrected chi connectivity index (χ1v) is 10.1. The summed E-state index contributed by atoms with van der Waals surface area (Å²) in [6.45, 7) is 3.36. The molecule has 4 aromatic rings. The van der Waals surface area contributed by atoms with Gasteiger partial charge >= 0.3 is 5.69 Å². The van der Waals surface area contributed by atoms with Crippen LogP contribution in [0.3, 0.4) is 0 Å². The van der Waals surface area contributed by atoms with E-state index < -0.39 is 5.69 Å². The number of nitrogens with one attached hydrogen (secondary N) is 2. The first-order valence-electron chi connectivity index (χ1n) is 10.1. The highest BCUT2D eigenvalue weighted by Gasteiger charge is 2.21. The lowest BCUT2D eigenvalue weighted by Gasteiger charge is -2.20. The number of aromatic nitrogens is 7. The molecule has 1 aliphatic carbocycles. The van der Waals surface area contributed by atoms with Gasteiger partial charge in [-0.25, -0.2) is 9.79 Å². The highest BCUT2D eigenvalue weighted by molar-refractivity contribution is 5.57. The number of nitrogens with zero attached hydrogens (tertiary/aromatic N) is 7. The van der Waals surface area contributed by atoms with E-state index in [0.717, 1.165) is 18.4 Å². The summed E-state index contributed by atoms with van der Waals surface area (Å²) in [5, 5.41) is 14.9. The van der Waals surface area contributed by atoms with Crippen molar-refractivity contribution in [1.82, 2.24) is 34.5 Å². The van der Waals surface area contributed by atoms with Crippen molar-refractivity contribution in [3.63, 3.8) is 0 Å². The second-order valence-corrected chi connectivity index (χ2v) is 7.37. The van der Waals surface area contributed by atoms with Gasteiger partial charge in [0.1, 0.15) is 5.69 Å². The lowest BCUT2D eigenvalue weighted by atomic mass is 10.2. The Morgan fingerprint density at radius 3 is 2.77 bits per heavy atom. The third-order valence-electron chi connectivity index (χ3n) is 5.03. The molecule has 0 spiro atoms. The van der Waals surface area contributed by atoms with Crippen LogP contribution in [-0.2, 0) is 6.54 Å². The fourth-order valence-corrected chi connectivity index (χ4v) is 3.24. The highest BCUT2D eigenvalue weighted by atomic mass is 16.3. The molecule has 0 aliphatic heterocycles. The normalized spacial score (nSPS) is 15.1. The van der Waals surface area contributed by atoms with Crippen LogP contribution in [-0.4, -0.2) is 52.2 Å². The number of anilines is 1. The number of hydrogen-bond donors (Lipinski definition) is 3. The standard InChI is InChI=1S/C20H21N9O2/c1-2-28(11-12-5-7-21-8-6-12)18-25-16-13(9-15-17(30)26-20(31)24-15)10-22-29(16)19(27-18)23-14-3-4-14/h5-10,14,30H,2-4,11H2,1H3,(H2,24,26,31)/b13-9-,23-19?. The van der Waals surface area contributed by atoms with E-state index in [9.17, 15) is 9.90 Å². The van der Waals surface area contributed by atoms with E-state index in [-0.39, 0.29) is 17.6 Å². The molecule has 0 atom stereocenters. The Labute approximate surface area is 175 Å². The molecule has 31 heavy (non-hydrogen) atoms. The summed E-state index contributed by atoms with van der Waals surface area (Å²) in [5.74, 6) is 0.294. The van der Waals surface area contributed by atoms with Gasteiger partial charge in [0.05, 0.1) is 12.2 Å². The van der Waals surface area contributed by atoms with Crippen LogP contribution < -0.4 is 21.4 Å². The summed E-state index contributed by atoms with van der Waals surface area (Å²) in [6.07, 6.45) is 8.82. The van der Waals surface area contributed by atoms with E-state index in [2.05, 4.69) is 20.1 Å². The molecule has 0 unspecified atom stereocenters. The van der Waals surface area contributed by atoms with Gasteiger partial charge in [0.15, 0.2) is 5.65 Å². The molecule has 1 saturated carbocycles. The minimum Gasteiger partial charge on any atom is -0.493 e. The molecule has 4 heterocycles. The van der Waals surface area contributed by atoms with Crippen molar-refractivity contribution < 1.29 is 5.11 Å². The molecule has 0 amide bonds. The third-order valence-corrected chi connectivity index (χ3v) is 5.03. The Bertz CT molecular complexity index is 1400. The molecular formula is C20H21N9O2. The highest BCUT2D eigenvalue weighted by Crippen LogP contribution is 2.22. The van der Waals surface area contributed by atoms with Gasteiger partial charge in [-0.15, -0.1) is 0 Å². The first-order chi connectivity index (χ1) is 15.1. The molecule has 0 radical (unpaired) electrons. The number of pyridine rings is 1. The van der Waals surface area contributed by atoms with Crippen LogP contribution in [0, 0.1) is 0 Å². The van der Waals surface area contributed by atoms with Gasteiger partial charge < -0.3 is 15.0 Å². The quantitative estimate of drug-likeness (QED) is 0.396. The van der Waals surface area contributed by atoms with Gasteiger partial charge in [-0.1, -0.05) is 0 Å². The predicted octanol–water partition coefficient (Wildman–Crippen LogP) is -0.121. The number of imidazole rings is 1. The van der Waals surface area contributed by atoms with Crippen LogP contribution in [0.15, 0.2) is 40.5 Å². The first kappa shape index (κ1) is 19.0. The molecule has 1 aliphatic rings. The Kier molecular flexibility index (Phi) is 4.69. The van der Waals surface area contributed by atoms with E-state index in [1.807, 2.05) is 24.0 Å². The van der Waals surface area contributed by atoms with Gasteiger partial charge in [-0.2, -0.15) is 19.6 Å².